The van der Waals surface area contributed by atoms with E-state index in [0.717, 1.165) is 27.0 Å². The fourth-order valence-electron chi connectivity index (χ4n) is 3.29. The fourth-order valence-corrected chi connectivity index (χ4v) is 4.71. The SMILES string of the molecule is Cc1ccc2c3c(sc2c1)-c1c(cc(C)c(C)c1C)C3=O. The highest BCUT2D eigenvalue weighted by Gasteiger charge is 2.33. The number of carbonyl (C=O) groups is 1. The minimum Gasteiger partial charge on any atom is -0.289 e. The van der Waals surface area contributed by atoms with Crippen molar-refractivity contribution in [3.05, 3.63) is 57.6 Å². The first kappa shape index (κ1) is 12.8. The van der Waals surface area contributed by atoms with Crippen LogP contribution in [-0.4, -0.2) is 5.78 Å². The molecule has 1 heterocycles. The van der Waals surface area contributed by atoms with E-state index in [1.165, 1.54) is 27.0 Å². The molecule has 0 saturated heterocycles. The van der Waals surface area contributed by atoms with Crippen LogP contribution in [0.15, 0.2) is 24.3 Å². The Labute approximate surface area is 128 Å². The van der Waals surface area contributed by atoms with Crippen molar-refractivity contribution in [2.45, 2.75) is 27.7 Å². The molecule has 0 bridgehead atoms. The van der Waals surface area contributed by atoms with Crippen molar-refractivity contribution in [2.24, 2.45) is 0 Å². The van der Waals surface area contributed by atoms with E-state index in [4.69, 9.17) is 0 Å². The summed E-state index contributed by atoms with van der Waals surface area (Å²) in [7, 11) is 0. The molecule has 4 rings (SSSR count). The largest absolute Gasteiger partial charge is 0.289 e. The molecule has 0 atom stereocenters. The van der Waals surface area contributed by atoms with E-state index in [0.29, 0.717) is 0 Å². The first-order chi connectivity index (χ1) is 9.99. The lowest BCUT2D eigenvalue weighted by atomic mass is 9.95. The van der Waals surface area contributed by atoms with Crippen molar-refractivity contribution in [3.8, 4) is 10.4 Å². The second kappa shape index (κ2) is 4.05. The van der Waals surface area contributed by atoms with E-state index in [1.807, 2.05) is 0 Å². The summed E-state index contributed by atoms with van der Waals surface area (Å²) in [5.74, 6) is 0.196. The maximum atomic E-state index is 12.9. The molecule has 0 radical (unpaired) electrons. The lowest BCUT2D eigenvalue weighted by Gasteiger charge is -2.10. The van der Waals surface area contributed by atoms with E-state index < -0.39 is 0 Å². The first-order valence-corrected chi connectivity index (χ1v) is 7.99. The zero-order valence-corrected chi connectivity index (χ0v) is 13.4. The van der Waals surface area contributed by atoms with Crippen LogP contribution in [0.25, 0.3) is 20.5 Å². The molecule has 2 heteroatoms. The van der Waals surface area contributed by atoms with E-state index in [2.05, 4.69) is 52.0 Å². The van der Waals surface area contributed by atoms with E-state index in [1.54, 1.807) is 11.3 Å². The smallest absolute Gasteiger partial charge is 0.195 e. The number of rotatable bonds is 0. The Morgan fingerprint density at radius 3 is 2.43 bits per heavy atom. The van der Waals surface area contributed by atoms with Crippen LogP contribution in [0.2, 0.25) is 0 Å². The van der Waals surface area contributed by atoms with E-state index >= 15 is 0 Å². The fraction of sp³-hybridized carbons (Fsp3) is 0.211. The average Bonchev–Trinajstić information content (AvgIpc) is 2.92. The Hall–Kier alpha value is -1.93. The van der Waals surface area contributed by atoms with Crippen LogP contribution in [0.1, 0.15) is 38.2 Å². The average molecular weight is 292 g/mol. The second-order valence-corrected chi connectivity index (χ2v) is 7.05. The van der Waals surface area contributed by atoms with Crippen LogP contribution in [0.4, 0.5) is 0 Å². The Morgan fingerprint density at radius 1 is 0.905 bits per heavy atom. The number of carbonyl (C=O) groups excluding carboxylic acids is 1. The predicted molar refractivity (Wildman–Crippen MR) is 89.6 cm³/mol. The molecule has 104 valence electrons. The van der Waals surface area contributed by atoms with Gasteiger partial charge in [0, 0.05) is 31.7 Å². The summed E-state index contributed by atoms with van der Waals surface area (Å²) in [5.41, 5.74) is 7.96. The molecule has 0 spiro atoms. The molecule has 0 unspecified atom stereocenters. The van der Waals surface area contributed by atoms with Crippen molar-refractivity contribution in [1.82, 2.24) is 0 Å². The topological polar surface area (TPSA) is 17.1 Å². The van der Waals surface area contributed by atoms with Gasteiger partial charge in [0.05, 0.1) is 0 Å². The third-order valence-corrected chi connectivity index (χ3v) is 5.87. The van der Waals surface area contributed by atoms with Gasteiger partial charge < -0.3 is 0 Å². The monoisotopic (exact) mass is 292 g/mol. The highest BCUT2D eigenvalue weighted by atomic mass is 32.1. The van der Waals surface area contributed by atoms with Gasteiger partial charge in [-0.1, -0.05) is 12.1 Å². The molecule has 0 N–H and O–H groups in total. The van der Waals surface area contributed by atoms with Crippen molar-refractivity contribution in [2.75, 3.05) is 0 Å². The molecule has 2 aromatic carbocycles. The number of thiophene rings is 1. The maximum Gasteiger partial charge on any atom is 0.195 e. The molecule has 0 fully saturated rings. The van der Waals surface area contributed by atoms with Crippen LogP contribution in [0.3, 0.4) is 0 Å². The number of ketones is 1. The Bertz CT molecular complexity index is 944. The minimum absolute atomic E-state index is 0.196. The molecule has 3 aromatic rings. The van der Waals surface area contributed by atoms with Crippen LogP contribution < -0.4 is 0 Å². The lowest BCUT2D eigenvalue weighted by molar-refractivity contribution is 0.104. The zero-order valence-electron chi connectivity index (χ0n) is 12.6. The highest BCUT2D eigenvalue weighted by molar-refractivity contribution is 7.23. The van der Waals surface area contributed by atoms with Crippen LogP contribution in [-0.2, 0) is 0 Å². The predicted octanol–water partition coefficient (Wildman–Crippen LogP) is 5.35. The number of aryl methyl sites for hydroxylation is 2. The van der Waals surface area contributed by atoms with E-state index in [-0.39, 0.29) is 5.78 Å². The summed E-state index contributed by atoms with van der Waals surface area (Å²) in [6.07, 6.45) is 0. The Balaban J connectivity index is 2.15. The van der Waals surface area contributed by atoms with Crippen LogP contribution in [0, 0.1) is 27.7 Å². The lowest BCUT2D eigenvalue weighted by Crippen LogP contribution is -1.98. The van der Waals surface area contributed by atoms with E-state index in [9.17, 15) is 4.79 Å². The molecule has 1 aliphatic carbocycles. The van der Waals surface area contributed by atoms with Crippen molar-refractivity contribution in [3.63, 3.8) is 0 Å². The second-order valence-electron chi connectivity index (χ2n) is 6.00. The molecular formula is C19H16OS. The van der Waals surface area contributed by atoms with Gasteiger partial charge in [-0.3, -0.25) is 4.79 Å². The van der Waals surface area contributed by atoms with Gasteiger partial charge in [0.15, 0.2) is 5.78 Å². The molecule has 1 aliphatic rings. The van der Waals surface area contributed by atoms with Crippen molar-refractivity contribution >= 4 is 27.2 Å². The summed E-state index contributed by atoms with van der Waals surface area (Å²) < 4.78 is 1.22. The van der Waals surface area contributed by atoms with Crippen molar-refractivity contribution in [1.29, 1.82) is 0 Å². The van der Waals surface area contributed by atoms with Gasteiger partial charge >= 0.3 is 0 Å². The van der Waals surface area contributed by atoms with Crippen LogP contribution in [0.5, 0.6) is 0 Å². The van der Waals surface area contributed by atoms with Gasteiger partial charge in [0.25, 0.3) is 0 Å². The molecular weight excluding hydrogens is 276 g/mol. The van der Waals surface area contributed by atoms with Crippen LogP contribution >= 0.6 is 11.3 Å². The van der Waals surface area contributed by atoms with Gasteiger partial charge in [0.2, 0.25) is 0 Å². The zero-order chi connectivity index (χ0) is 14.9. The molecule has 1 aromatic heterocycles. The summed E-state index contributed by atoms with van der Waals surface area (Å²) in [5, 5.41) is 1.11. The normalized spacial score (nSPS) is 12.9. The molecule has 0 amide bonds. The molecule has 21 heavy (non-hydrogen) atoms. The quantitative estimate of drug-likeness (QED) is 0.427. The summed E-state index contributed by atoms with van der Waals surface area (Å²) in [6.45, 7) is 8.46. The number of fused-ring (bicyclic) bond motifs is 5. The van der Waals surface area contributed by atoms with Gasteiger partial charge in [-0.15, -0.1) is 11.3 Å². The van der Waals surface area contributed by atoms with Gasteiger partial charge in [-0.2, -0.15) is 0 Å². The summed E-state index contributed by atoms with van der Waals surface area (Å²) >= 11 is 1.75. The molecule has 0 aliphatic heterocycles. The number of hydrogen-bond donors (Lipinski definition) is 0. The Morgan fingerprint density at radius 2 is 1.67 bits per heavy atom. The summed E-state index contributed by atoms with van der Waals surface area (Å²) in [4.78, 5) is 14.0. The third kappa shape index (κ3) is 1.54. The summed E-state index contributed by atoms with van der Waals surface area (Å²) in [6, 6.07) is 8.43. The molecule has 0 saturated carbocycles. The highest BCUT2D eigenvalue weighted by Crippen LogP contribution is 2.48. The maximum absolute atomic E-state index is 12.9. The van der Waals surface area contributed by atoms with Gasteiger partial charge in [-0.05, 0) is 62.1 Å². The van der Waals surface area contributed by atoms with Crippen molar-refractivity contribution < 1.29 is 4.79 Å². The molecule has 1 nitrogen and oxygen atoms in total. The Kier molecular flexibility index (Phi) is 2.46. The first-order valence-electron chi connectivity index (χ1n) is 7.18. The number of hydrogen-bond acceptors (Lipinski definition) is 2. The van der Waals surface area contributed by atoms with Gasteiger partial charge in [0.1, 0.15) is 0 Å². The third-order valence-electron chi connectivity index (χ3n) is 4.70. The minimum atomic E-state index is 0.196. The number of benzene rings is 2. The standard InChI is InChI=1S/C19H16OS/c1-9-5-6-13-15(7-9)21-19-16-12(4)11(3)10(2)8-14(16)18(20)17(13)19/h5-8H,1-4H3. The van der Waals surface area contributed by atoms with Gasteiger partial charge in [-0.25, -0.2) is 0 Å².